The predicted molar refractivity (Wildman–Crippen MR) is 135 cm³/mol. The number of hydrogen-bond donors (Lipinski definition) is 3. The molecule has 0 saturated heterocycles. The maximum atomic E-state index is 12.7. The van der Waals surface area contributed by atoms with E-state index in [2.05, 4.69) is 16.6 Å². The molecule has 37 heavy (non-hydrogen) atoms. The van der Waals surface area contributed by atoms with Crippen molar-refractivity contribution in [3.05, 3.63) is 0 Å². The van der Waals surface area contributed by atoms with Crippen LogP contribution in [0.15, 0.2) is 0 Å². The third kappa shape index (κ3) is 20.1. The van der Waals surface area contributed by atoms with Gasteiger partial charge in [-0.25, -0.2) is 0 Å². The normalized spacial score (nSPS) is 13.1. The zero-order chi connectivity index (χ0) is 28.5. The second kappa shape index (κ2) is 17.7. The smallest absolute Gasteiger partial charge is 0.308 e. The van der Waals surface area contributed by atoms with Crippen LogP contribution in [0.4, 0.5) is 0 Å². The van der Waals surface area contributed by atoms with Gasteiger partial charge in [0.25, 0.3) is 0 Å². The van der Waals surface area contributed by atoms with Crippen LogP contribution in [0.5, 0.6) is 0 Å². The summed E-state index contributed by atoms with van der Waals surface area (Å²) >= 11 is 0. The van der Waals surface area contributed by atoms with Crippen LogP contribution in [0, 0.1) is 12.3 Å². The summed E-state index contributed by atoms with van der Waals surface area (Å²) < 4.78 is 26.2. The van der Waals surface area contributed by atoms with Gasteiger partial charge < -0.3 is 40.1 Å². The zero-order valence-electron chi connectivity index (χ0n) is 22.8. The van der Waals surface area contributed by atoms with Crippen LogP contribution in [0.25, 0.3) is 0 Å². The van der Waals surface area contributed by atoms with E-state index in [0.717, 1.165) is 0 Å². The summed E-state index contributed by atoms with van der Waals surface area (Å²) in [6.45, 7) is 12.0. The summed E-state index contributed by atoms with van der Waals surface area (Å²) in [6, 6.07) is -2.54. The van der Waals surface area contributed by atoms with Crippen molar-refractivity contribution < 1.29 is 42.9 Å². The van der Waals surface area contributed by atoms with Gasteiger partial charge in [0.05, 0.1) is 51.9 Å². The van der Waals surface area contributed by atoms with Crippen molar-refractivity contribution in [1.29, 1.82) is 0 Å². The molecule has 2 amide bonds. The molecule has 0 saturated carbocycles. The van der Waals surface area contributed by atoms with Gasteiger partial charge in [0, 0.05) is 6.54 Å². The second-order valence-electron chi connectivity index (χ2n) is 10.0. The molecular formula is C25H43N3O9. The number of nitrogens with one attached hydrogen (secondary N) is 2. The molecule has 0 aliphatic rings. The summed E-state index contributed by atoms with van der Waals surface area (Å²) in [7, 11) is 0. The van der Waals surface area contributed by atoms with Crippen molar-refractivity contribution >= 4 is 23.8 Å². The Morgan fingerprint density at radius 1 is 0.784 bits per heavy atom. The minimum Gasteiger partial charge on any atom is -0.460 e. The molecule has 0 rings (SSSR count). The lowest BCUT2D eigenvalue weighted by Crippen LogP contribution is -2.53. The number of hydrogen-bond acceptors (Lipinski definition) is 10. The number of carbonyl (C=O) groups excluding carboxylic acids is 4. The fourth-order valence-electron chi connectivity index (χ4n) is 2.63. The van der Waals surface area contributed by atoms with Crippen LogP contribution in [0.3, 0.4) is 0 Å². The number of amides is 2. The largest absolute Gasteiger partial charge is 0.460 e. The molecule has 0 aliphatic heterocycles. The first kappa shape index (κ1) is 34.3. The molecule has 0 heterocycles. The fraction of sp³-hybridized carbons (Fsp3) is 0.760. The Bertz CT molecular complexity index is 767. The number of nitrogens with two attached hydrogens (primary N) is 1. The number of terminal acetylenes is 1. The van der Waals surface area contributed by atoms with Gasteiger partial charge in [-0.05, 0) is 41.5 Å². The summed E-state index contributed by atoms with van der Waals surface area (Å²) in [5, 5.41) is 5.02. The molecule has 0 bridgehead atoms. The SMILES string of the molecule is C#CCOCCOCCOCCNC(=O)[C@H](CC(=O)OC(C)(C)C)NC(=O)[C@@H](N)CC(=O)OC(C)(C)C. The molecule has 212 valence electrons. The molecule has 12 heteroatoms. The van der Waals surface area contributed by atoms with Crippen molar-refractivity contribution in [2.24, 2.45) is 5.73 Å². The predicted octanol–water partition coefficient (Wildman–Crippen LogP) is 0.0613. The van der Waals surface area contributed by atoms with E-state index in [1.54, 1.807) is 41.5 Å². The van der Waals surface area contributed by atoms with E-state index < -0.39 is 59.9 Å². The van der Waals surface area contributed by atoms with Gasteiger partial charge in [0.15, 0.2) is 0 Å². The highest BCUT2D eigenvalue weighted by Crippen LogP contribution is 2.11. The maximum absolute atomic E-state index is 12.7. The summed E-state index contributed by atoms with van der Waals surface area (Å²) in [6.07, 6.45) is 4.25. The highest BCUT2D eigenvalue weighted by Gasteiger charge is 2.30. The average Bonchev–Trinajstić information content (AvgIpc) is 2.74. The lowest BCUT2D eigenvalue weighted by atomic mass is 10.1. The highest BCUT2D eigenvalue weighted by atomic mass is 16.6. The first-order valence-electron chi connectivity index (χ1n) is 12.1. The Morgan fingerprint density at radius 3 is 1.78 bits per heavy atom. The summed E-state index contributed by atoms with van der Waals surface area (Å²) in [5.41, 5.74) is 4.30. The lowest BCUT2D eigenvalue weighted by Gasteiger charge is -2.24. The first-order valence-corrected chi connectivity index (χ1v) is 12.1. The van der Waals surface area contributed by atoms with E-state index >= 15 is 0 Å². The number of carbonyl (C=O) groups is 4. The van der Waals surface area contributed by atoms with Gasteiger partial charge in [-0.1, -0.05) is 5.92 Å². The third-order valence-electron chi connectivity index (χ3n) is 4.04. The van der Waals surface area contributed by atoms with Crippen molar-refractivity contribution in [1.82, 2.24) is 10.6 Å². The number of rotatable bonds is 17. The molecule has 0 radical (unpaired) electrons. The quantitative estimate of drug-likeness (QED) is 0.133. The van der Waals surface area contributed by atoms with Crippen LogP contribution < -0.4 is 16.4 Å². The van der Waals surface area contributed by atoms with Crippen LogP contribution in [0.2, 0.25) is 0 Å². The topological polar surface area (TPSA) is 165 Å². The average molecular weight is 530 g/mol. The minimum atomic E-state index is -1.27. The Labute approximate surface area is 219 Å². The standard InChI is InChI=1S/C25H43N3O9/c1-8-10-33-12-14-35-15-13-34-11-9-27-23(32)19(17-21(30)37-25(5,6)7)28-22(31)18(26)16-20(29)36-24(2,3)4/h1,18-19H,9-17,26H2,2-7H3,(H,27,32)(H,28,31)/t18-,19-/m0/s1. The molecule has 0 fully saturated rings. The molecule has 0 aromatic heterocycles. The van der Waals surface area contributed by atoms with Crippen LogP contribution >= 0.6 is 0 Å². The summed E-state index contributed by atoms with van der Waals surface area (Å²) in [4.78, 5) is 49.5. The second-order valence-corrected chi connectivity index (χ2v) is 10.0. The zero-order valence-corrected chi connectivity index (χ0v) is 22.8. The molecule has 0 aliphatic carbocycles. The van der Waals surface area contributed by atoms with Gasteiger partial charge in [-0.3, -0.25) is 19.2 Å². The molecule has 2 atom stereocenters. The van der Waals surface area contributed by atoms with Crippen LogP contribution in [-0.2, 0) is 42.9 Å². The molecule has 0 unspecified atom stereocenters. The molecule has 12 nitrogen and oxygen atoms in total. The van der Waals surface area contributed by atoms with Gasteiger partial charge >= 0.3 is 11.9 Å². The van der Waals surface area contributed by atoms with Gasteiger partial charge in [0.1, 0.15) is 23.9 Å². The van der Waals surface area contributed by atoms with Crippen LogP contribution in [0.1, 0.15) is 54.4 Å². The Balaban J connectivity index is 4.72. The number of esters is 2. The summed E-state index contributed by atoms with van der Waals surface area (Å²) in [5.74, 6) is -0.413. The van der Waals surface area contributed by atoms with E-state index in [4.69, 9.17) is 35.8 Å². The molecular weight excluding hydrogens is 486 g/mol. The monoisotopic (exact) mass is 529 g/mol. The van der Waals surface area contributed by atoms with E-state index in [1.807, 2.05) is 0 Å². The highest BCUT2D eigenvalue weighted by molar-refractivity contribution is 5.93. The van der Waals surface area contributed by atoms with Crippen LogP contribution in [-0.4, -0.2) is 93.2 Å². The van der Waals surface area contributed by atoms with Gasteiger partial charge in [-0.2, -0.15) is 0 Å². The van der Waals surface area contributed by atoms with Crippen molar-refractivity contribution in [3.8, 4) is 12.3 Å². The number of ether oxygens (including phenoxy) is 5. The van der Waals surface area contributed by atoms with Crippen molar-refractivity contribution in [2.45, 2.75) is 77.7 Å². The van der Waals surface area contributed by atoms with E-state index in [1.165, 1.54) is 0 Å². The van der Waals surface area contributed by atoms with Gasteiger partial charge in [-0.15, -0.1) is 6.42 Å². The van der Waals surface area contributed by atoms with E-state index in [9.17, 15) is 19.2 Å². The van der Waals surface area contributed by atoms with Crippen molar-refractivity contribution in [2.75, 3.05) is 46.2 Å². The molecule has 0 aromatic rings. The lowest BCUT2D eigenvalue weighted by molar-refractivity contribution is -0.158. The maximum Gasteiger partial charge on any atom is 0.308 e. The Morgan fingerprint density at radius 2 is 1.27 bits per heavy atom. The van der Waals surface area contributed by atoms with Gasteiger partial charge in [0.2, 0.25) is 11.8 Å². The molecule has 0 spiro atoms. The van der Waals surface area contributed by atoms with E-state index in [-0.39, 0.29) is 19.8 Å². The third-order valence-corrected chi connectivity index (χ3v) is 4.04. The first-order chi connectivity index (χ1) is 17.1. The Hall–Kier alpha value is -2.72. The van der Waals surface area contributed by atoms with E-state index in [0.29, 0.717) is 26.4 Å². The molecule has 4 N–H and O–H groups in total. The fourth-order valence-corrected chi connectivity index (χ4v) is 2.63. The van der Waals surface area contributed by atoms with Crippen molar-refractivity contribution in [3.63, 3.8) is 0 Å². The minimum absolute atomic E-state index is 0.120. The Kier molecular flexibility index (Phi) is 16.4. The molecule has 0 aromatic carbocycles.